The molecule has 2 nitrogen and oxygen atoms in total. The van der Waals surface area contributed by atoms with Crippen LogP contribution in [0.2, 0.25) is 0 Å². The minimum absolute atomic E-state index is 0.000650. The number of carbonyl (C=O) groups excluding carboxylic acids is 1. The predicted octanol–water partition coefficient (Wildman–Crippen LogP) is 2.32. The lowest BCUT2D eigenvalue weighted by Gasteiger charge is -2.15. The van der Waals surface area contributed by atoms with Crippen LogP contribution in [0.15, 0.2) is 11.6 Å². The largest absolute Gasteiger partial charge is 0.389 e. The Labute approximate surface area is 80.7 Å². The summed E-state index contributed by atoms with van der Waals surface area (Å²) in [6.07, 6.45) is 2.85. The maximum Gasteiger partial charge on any atom is 0.152 e. The third kappa shape index (κ3) is 5.58. The van der Waals surface area contributed by atoms with E-state index in [1.165, 1.54) is 13.0 Å². The van der Waals surface area contributed by atoms with E-state index in [2.05, 4.69) is 13.8 Å². The van der Waals surface area contributed by atoms with Gasteiger partial charge < -0.3 is 5.11 Å². The van der Waals surface area contributed by atoms with E-state index in [4.69, 9.17) is 0 Å². The van der Waals surface area contributed by atoms with Crippen LogP contribution >= 0.6 is 0 Å². The molecule has 0 fully saturated rings. The molecule has 0 aliphatic carbocycles. The summed E-state index contributed by atoms with van der Waals surface area (Å²) in [6, 6.07) is 0. The lowest BCUT2D eigenvalue weighted by Crippen LogP contribution is -2.13. The third-order valence-electron chi connectivity index (χ3n) is 2.28. The van der Waals surface area contributed by atoms with Gasteiger partial charge in [0.05, 0.1) is 6.10 Å². The lowest BCUT2D eigenvalue weighted by molar-refractivity contribution is -0.112. The van der Waals surface area contributed by atoms with E-state index in [-0.39, 0.29) is 5.78 Å². The van der Waals surface area contributed by atoms with Gasteiger partial charge >= 0.3 is 0 Å². The second kappa shape index (κ2) is 5.92. The summed E-state index contributed by atoms with van der Waals surface area (Å²) in [4.78, 5) is 10.7. The first-order chi connectivity index (χ1) is 5.97. The molecule has 0 bridgehead atoms. The van der Waals surface area contributed by atoms with E-state index in [1.54, 1.807) is 6.92 Å². The second-order valence-electron chi connectivity index (χ2n) is 3.76. The van der Waals surface area contributed by atoms with Crippen molar-refractivity contribution in [2.24, 2.45) is 5.92 Å². The fraction of sp³-hybridized carbons (Fsp3) is 0.727. The highest BCUT2D eigenvalue weighted by Gasteiger charge is 2.10. The molecule has 0 aromatic carbocycles. The second-order valence-corrected chi connectivity index (χ2v) is 3.76. The van der Waals surface area contributed by atoms with Crippen molar-refractivity contribution in [3.8, 4) is 0 Å². The molecule has 0 spiro atoms. The summed E-state index contributed by atoms with van der Waals surface area (Å²) in [5.41, 5.74) is 0.771. The monoisotopic (exact) mass is 184 g/mol. The van der Waals surface area contributed by atoms with Gasteiger partial charge in [-0.2, -0.15) is 0 Å². The molecule has 2 heteroatoms. The molecule has 0 saturated carbocycles. The van der Waals surface area contributed by atoms with Crippen molar-refractivity contribution in [2.45, 2.75) is 46.6 Å². The third-order valence-corrected chi connectivity index (χ3v) is 2.28. The van der Waals surface area contributed by atoms with Gasteiger partial charge in [0, 0.05) is 0 Å². The Morgan fingerprint density at radius 2 is 2.00 bits per heavy atom. The number of carbonyl (C=O) groups is 1. The molecule has 2 atom stereocenters. The first-order valence-corrected chi connectivity index (χ1v) is 4.84. The van der Waals surface area contributed by atoms with Crippen molar-refractivity contribution < 1.29 is 9.90 Å². The number of hydrogen-bond acceptors (Lipinski definition) is 2. The molecule has 0 rings (SSSR count). The Hall–Kier alpha value is -0.630. The van der Waals surface area contributed by atoms with Gasteiger partial charge in [-0.15, -0.1) is 0 Å². The fourth-order valence-corrected chi connectivity index (χ4v) is 1.15. The normalized spacial score (nSPS) is 16.8. The van der Waals surface area contributed by atoms with Gasteiger partial charge in [-0.3, -0.25) is 4.79 Å². The van der Waals surface area contributed by atoms with Gasteiger partial charge in [0.15, 0.2) is 5.78 Å². The zero-order valence-corrected chi connectivity index (χ0v) is 9.00. The van der Waals surface area contributed by atoms with Crippen LogP contribution in [0.1, 0.15) is 40.5 Å². The maximum absolute atomic E-state index is 10.7. The molecular weight excluding hydrogens is 164 g/mol. The smallest absolute Gasteiger partial charge is 0.152 e. The minimum Gasteiger partial charge on any atom is -0.389 e. The molecule has 0 aromatic heterocycles. The number of aliphatic hydroxyl groups is 1. The standard InChI is InChI=1S/C11H20O2/c1-5-8(2)6-11(13)9(3)7-10(4)12/h7-8,11,13H,5-6H2,1-4H3. The van der Waals surface area contributed by atoms with Crippen LogP contribution in [-0.4, -0.2) is 17.0 Å². The number of rotatable bonds is 5. The molecule has 0 radical (unpaired) electrons. The van der Waals surface area contributed by atoms with Gasteiger partial charge in [-0.25, -0.2) is 0 Å². The summed E-state index contributed by atoms with van der Waals surface area (Å²) in [5.74, 6) is 0.506. The maximum atomic E-state index is 10.7. The Bertz CT molecular complexity index is 194. The van der Waals surface area contributed by atoms with Crippen LogP contribution in [-0.2, 0) is 4.79 Å². The Kier molecular flexibility index (Phi) is 5.63. The Morgan fingerprint density at radius 1 is 1.46 bits per heavy atom. The highest BCUT2D eigenvalue weighted by atomic mass is 16.3. The van der Waals surface area contributed by atoms with Crippen molar-refractivity contribution >= 4 is 5.78 Å². The molecule has 0 saturated heterocycles. The quantitative estimate of drug-likeness (QED) is 0.666. The van der Waals surface area contributed by atoms with Crippen LogP contribution < -0.4 is 0 Å². The van der Waals surface area contributed by atoms with Gasteiger partial charge in [0.1, 0.15) is 0 Å². The van der Waals surface area contributed by atoms with Crippen molar-refractivity contribution in [2.75, 3.05) is 0 Å². The SMILES string of the molecule is CCC(C)CC(O)C(C)=CC(C)=O. The first-order valence-electron chi connectivity index (χ1n) is 4.84. The minimum atomic E-state index is -0.459. The zero-order valence-electron chi connectivity index (χ0n) is 9.00. The van der Waals surface area contributed by atoms with Crippen molar-refractivity contribution in [1.29, 1.82) is 0 Å². The van der Waals surface area contributed by atoms with Gasteiger partial charge in [0.2, 0.25) is 0 Å². The average Bonchev–Trinajstić information content (AvgIpc) is 2.02. The number of aliphatic hydroxyl groups excluding tert-OH is 1. The Morgan fingerprint density at radius 3 is 2.38 bits per heavy atom. The van der Waals surface area contributed by atoms with Crippen LogP contribution in [0.3, 0.4) is 0 Å². The highest BCUT2D eigenvalue weighted by molar-refractivity contribution is 5.87. The van der Waals surface area contributed by atoms with Crippen LogP contribution in [0.25, 0.3) is 0 Å². The first kappa shape index (κ1) is 12.4. The van der Waals surface area contributed by atoms with Crippen molar-refractivity contribution in [1.82, 2.24) is 0 Å². The van der Waals surface area contributed by atoms with E-state index in [0.717, 1.165) is 18.4 Å². The molecule has 1 N–H and O–H groups in total. The lowest BCUT2D eigenvalue weighted by atomic mass is 9.96. The highest BCUT2D eigenvalue weighted by Crippen LogP contribution is 2.15. The van der Waals surface area contributed by atoms with Gasteiger partial charge in [0.25, 0.3) is 0 Å². The summed E-state index contributed by atoms with van der Waals surface area (Å²) in [7, 11) is 0. The molecule has 13 heavy (non-hydrogen) atoms. The molecule has 0 aliphatic rings. The average molecular weight is 184 g/mol. The summed E-state index contributed by atoms with van der Waals surface area (Å²) < 4.78 is 0. The molecule has 2 unspecified atom stereocenters. The molecule has 76 valence electrons. The van der Waals surface area contributed by atoms with Crippen LogP contribution in [0.4, 0.5) is 0 Å². The number of ketones is 1. The van der Waals surface area contributed by atoms with E-state index in [0.29, 0.717) is 5.92 Å². The summed E-state index contributed by atoms with van der Waals surface area (Å²) >= 11 is 0. The van der Waals surface area contributed by atoms with Crippen LogP contribution in [0.5, 0.6) is 0 Å². The fourth-order valence-electron chi connectivity index (χ4n) is 1.15. The molecule has 0 aromatic rings. The molecule has 0 aliphatic heterocycles. The molecule has 0 amide bonds. The molecular formula is C11H20O2. The predicted molar refractivity (Wildman–Crippen MR) is 54.5 cm³/mol. The van der Waals surface area contributed by atoms with E-state index in [9.17, 15) is 9.90 Å². The zero-order chi connectivity index (χ0) is 10.4. The topological polar surface area (TPSA) is 37.3 Å². The van der Waals surface area contributed by atoms with Crippen molar-refractivity contribution in [3.63, 3.8) is 0 Å². The number of hydrogen-bond donors (Lipinski definition) is 1. The van der Waals surface area contributed by atoms with Gasteiger partial charge in [-0.05, 0) is 37.8 Å². The Balaban J connectivity index is 4.10. The van der Waals surface area contributed by atoms with Gasteiger partial charge in [-0.1, -0.05) is 20.3 Å². The van der Waals surface area contributed by atoms with Crippen molar-refractivity contribution in [3.05, 3.63) is 11.6 Å². The van der Waals surface area contributed by atoms with E-state index >= 15 is 0 Å². The summed E-state index contributed by atoms with van der Waals surface area (Å²) in [6.45, 7) is 7.50. The summed E-state index contributed by atoms with van der Waals surface area (Å²) in [5, 5.41) is 9.65. The molecule has 0 heterocycles. The van der Waals surface area contributed by atoms with Crippen LogP contribution in [0, 0.1) is 5.92 Å². The van der Waals surface area contributed by atoms with E-state index < -0.39 is 6.10 Å². The number of allylic oxidation sites excluding steroid dienone is 1. The van der Waals surface area contributed by atoms with E-state index in [1.807, 2.05) is 0 Å².